The normalized spacial score (nSPS) is 10.7. The van der Waals surface area contributed by atoms with E-state index in [1.807, 2.05) is 24.3 Å². The molecule has 3 heteroatoms. The van der Waals surface area contributed by atoms with Gasteiger partial charge >= 0.3 is 0 Å². The van der Waals surface area contributed by atoms with Gasteiger partial charge in [-0.2, -0.15) is 0 Å². The van der Waals surface area contributed by atoms with Gasteiger partial charge < -0.3 is 14.5 Å². The largest absolute Gasteiger partial charge is 0.497 e. The first-order valence-corrected chi connectivity index (χ1v) is 6.60. The van der Waals surface area contributed by atoms with E-state index in [1.54, 1.807) is 7.11 Å². The predicted molar refractivity (Wildman–Crippen MR) is 80.4 cm³/mol. The lowest BCUT2D eigenvalue weighted by molar-refractivity contribution is 0.301. The van der Waals surface area contributed by atoms with E-state index in [1.165, 1.54) is 10.9 Å². The van der Waals surface area contributed by atoms with Crippen LogP contribution in [0.25, 0.3) is 10.9 Å². The summed E-state index contributed by atoms with van der Waals surface area (Å²) in [5.41, 5.74) is 3.47. The molecule has 0 atom stereocenters. The smallest absolute Gasteiger partial charge is 0.128 e. The molecular formula is C17H17NO2. The zero-order chi connectivity index (χ0) is 13.9. The second-order valence-corrected chi connectivity index (χ2v) is 4.85. The zero-order valence-electron chi connectivity index (χ0n) is 11.6. The monoisotopic (exact) mass is 267 g/mol. The number of benzene rings is 2. The summed E-state index contributed by atoms with van der Waals surface area (Å²) in [5, 5.41) is 1.21. The molecule has 0 saturated carbocycles. The molecule has 0 unspecified atom stereocenters. The summed E-state index contributed by atoms with van der Waals surface area (Å²) in [6.07, 6.45) is 0. The Kier molecular flexibility index (Phi) is 3.33. The molecule has 1 heterocycles. The highest BCUT2D eigenvalue weighted by atomic mass is 16.5. The topological polar surface area (TPSA) is 34.2 Å². The van der Waals surface area contributed by atoms with E-state index in [2.05, 4.69) is 36.2 Å². The lowest BCUT2D eigenvalue weighted by Crippen LogP contribution is -1.95. The molecule has 0 fully saturated rings. The van der Waals surface area contributed by atoms with Gasteiger partial charge in [-0.25, -0.2) is 0 Å². The molecule has 0 aliphatic heterocycles. The van der Waals surface area contributed by atoms with Crippen LogP contribution in [-0.2, 0) is 6.61 Å². The molecule has 0 spiro atoms. The van der Waals surface area contributed by atoms with Crippen LogP contribution < -0.4 is 9.47 Å². The summed E-state index contributed by atoms with van der Waals surface area (Å²) in [7, 11) is 1.66. The Balaban J connectivity index is 1.72. The van der Waals surface area contributed by atoms with Gasteiger partial charge in [-0.3, -0.25) is 0 Å². The average molecular weight is 267 g/mol. The van der Waals surface area contributed by atoms with E-state index in [0.717, 1.165) is 22.7 Å². The Morgan fingerprint density at radius 2 is 1.70 bits per heavy atom. The van der Waals surface area contributed by atoms with E-state index >= 15 is 0 Å². The predicted octanol–water partition coefficient (Wildman–Crippen LogP) is 4.06. The minimum absolute atomic E-state index is 0.528. The van der Waals surface area contributed by atoms with Crippen LogP contribution in [0.3, 0.4) is 0 Å². The van der Waals surface area contributed by atoms with Crippen molar-refractivity contribution in [1.29, 1.82) is 0 Å². The zero-order valence-corrected chi connectivity index (χ0v) is 11.6. The summed E-state index contributed by atoms with van der Waals surface area (Å²) in [5.74, 6) is 1.67. The first-order chi connectivity index (χ1) is 9.74. The number of ether oxygens (including phenoxy) is 2. The van der Waals surface area contributed by atoms with Crippen LogP contribution >= 0.6 is 0 Å². The van der Waals surface area contributed by atoms with Crippen LogP contribution in [0.5, 0.6) is 11.5 Å². The maximum atomic E-state index is 5.76. The van der Waals surface area contributed by atoms with E-state index in [9.17, 15) is 0 Å². The van der Waals surface area contributed by atoms with Crippen molar-refractivity contribution in [3.63, 3.8) is 0 Å². The SMILES string of the molecule is COc1ccc(OCc2cc3ccc(C)cc3[nH]2)cc1. The van der Waals surface area contributed by atoms with E-state index < -0.39 is 0 Å². The highest BCUT2D eigenvalue weighted by molar-refractivity contribution is 5.80. The molecule has 20 heavy (non-hydrogen) atoms. The molecule has 3 aromatic rings. The van der Waals surface area contributed by atoms with Gasteiger partial charge in [0.1, 0.15) is 18.1 Å². The maximum absolute atomic E-state index is 5.76. The minimum atomic E-state index is 0.528. The first kappa shape index (κ1) is 12.6. The minimum Gasteiger partial charge on any atom is -0.497 e. The van der Waals surface area contributed by atoms with Crippen LogP contribution in [0.2, 0.25) is 0 Å². The van der Waals surface area contributed by atoms with E-state index in [0.29, 0.717) is 6.61 Å². The molecule has 0 aliphatic rings. The van der Waals surface area contributed by atoms with Gasteiger partial charge in [0.05, 0.1) is 12.8 Å². The average Bonchev–Trinajstić information content (AvgIpc) is 2.87. The number of fused-ring (bicyclic) bond motifs is 1. The van der Waals surface area contributed by atoms with Gasteiger partial charge in [-0.05, 0) is 54.3 Å². The van der Waals surface area contributed by atoms with Gasteiger partial charge in [0, 0.05) is 5.52 Å². The molecule has 3 nitrogen and oxygen atoms in total. The summed E-state index contributed by atoms with van der Waals surface area (Å²) >= 11 is 0. The van der Waals surface area contributed by atoms with Gasteiger partial charge in [0.25, 0.3) is 0 Å². The summed E-state index contributed by atoms with van der Waals surface area (Å²) in [6, 6.07) is 16.1. The molecule has 0 aliphatic carbocycles. The van der Waals surface area contributed by atoms with Gasteiger partial charge in [0.2, 0.25) is 0 Å². The molecule has 102 valence electrons. The number of hydrogen-bond acceptors (Lipinski definition) is 2. The number of aryl methyl sites for hydroxylation is 1. The molecule has 0 amide bonds. The van der Waals surface area contributed by atoms with Crippen molar-refractivity contribution in [3.8, 4) is 11.5 Å². The number of hydrogen-bond donors (Lipinski definition) is 1. The van der Waals surface area contributed by atoms with Crippen LogP contribution in [-0.4, -0.2) is 12.1 Å². The number of H-pyrrole nitrogens is 1. The standard InChI is InChI=1S/C17H17NO2/c1-12-3-4-13-10-14(18-17(13)9-12)11-20-16-7-5-15(19-2)6-8-16/h3-10,18H,11H2,1-2H3. The molecule has 3 rings (SSSR count). The summed E-state index contributed by atoms with van der Waals surface area (Å²) in [6.45, 7) is 2.62. The van der Waals surface area contributed by atoms with Crippen LogP contribution in [0.4, 0.5) is 0 Å². The maximum Gasteiger partial charge on any atom is 0.128 e. The fraction of sp³-hybridized carbons (Fsp3) is 0.176. The Bertz CT molecular complexity index is 713. The van der Waals surface area contributed by atoms with Crippen molar-refractivity contribution >= 4 is 10.9 Å². The van der Waals surface area contributed by atoms with Crippen LogP contribution in [0.1, 0.15) is 11.3 Å². The van der Waals surface area contributed by atoms with Crippen LogP contribution in [0, 0.1) is 6.92 Å². The number of rotatable bonds is 4. The molecule has 1 aromatic heterocycles. The number of methoxy groups -OCH3 is 1. The van der Waals surface area contributed by atoms with Crippen molar-refractivity contribution in [2.24, 2.45) is 0 Å². The fourth-order valence-corrected chi connectivity index (χ4v) is 2.21. The molecule has 2 aromatic carbocycles. The Labute approximate surface area is 118 Å². The Morgan fingerprint density at radius 3 is 2.45 bits per heavy atom. The molecule has 0 bridgehead atoms. The van der Waals surface area contributed by atoms with Gasteiger partial charge in [0.15, 0.2) is 0 Å². The summed E-state index contributed by atoms with van der Waals surface area (Å²) in [4.78, 5) is 3.38. The van der Waals surface area contributed by atoms with E-state index in [4.69, 9.17) is 9.47 Å². The number of aromatic nitrogens is 1. The lowest BCUT2D eigenvalue weighted by Gasteiger charge is -2.05. The molecule has 1 N–H and O–H groups in total. The third-order valence-electron chi connectivity index (χ3n) is 3.29. The molecule has 0 radical (unpaired) electrons. The highest BCUT2D eigenvalue weighted by Crippen LogP contribution is 2.20. The first-order valence-electron chi connectivity index (χ1n) is 6.60. The lowest BCUT2D eigenvalue weighted by atomic mass is 10.2. The number of nitrogens with one attached hydrogen (secondary N) is 1. The number of aromatic amines is 1. The highest BCUT2D eigenvalue weighted by Gasteiger charge is 2.02. The second kappa shape index (κ2) is 5.29. The quantitative estimate of drug-likeness (QED) is 0.773. The van der Waals surface area contributed by atoms with Gasteiger partial charge in [-0.15, -0.1) is 0 Å². The van der Waals surface area contributed by atoms with E-state index in [-0.39, 0.29) is 0 Å². The van der Waals surface area contributed by atoms with Crippen molar-refractivity contribution in [1.82, 2.24) is 4.98 Å². The van der Waals surface area contributed by atoms with Crippen molar-refractivity contribution in [2.75, 3.05) is 7.11 Å². The summed E-state index contributed by atoms with van der Waals surface area (Å²) < 4.78 is 10.9. The molecular weight excluding hydrogens is 250 g/mol. The molecule has 0 saturated heterocycles. The second-order valence-electron chi connectivity index (χ2n) is 4.85. The van der Waals surface area contributed by atoms with Crippen molar-refractivity contribution < 1.29 is 9.47 Å². The Hall–Kier alpha value is -2.42. The van der Waals surface area contributed by atoms with Crippen molar-refractivity contribution in [3.05, 3.63) is 59.8 Å². The Morgan fingerprint density at radius 1 is 0.950 bits per heavy atom. The fourth-order valence-electron chi connectivity index (χ4n) is 2.21. The van der Waals surface area contributed by atoms with Gasteiger partial charge in [-0.1, -0.05) is 12.1 Å². The van der Waals surface area contributed by atoms with Crippen molar-refractivity contribution in [2.45, 2.75) is 13.5 Å². The third-order valence-corrected chi connectivity index (χ3v) is 3.29. The van der Waals surface area contributed by atoms with Crippen LogP contribution in [0.15, 0.2) is 48.5 Å². The third kappa shape index (κ3) is 2.62.